The van der Waals surface area contributed by atoms with Gasteiger partial charge >= 0.3 is 0 Å². The van der Waals surface area contributed by atoms with E-state index in [0.717, 1.165) is 10.3 Å². The second kappa shape index (κ2) is 3.96. The van der Waals surface area contributed by atoms with Gasteiger partial charge in [0.25, 0.3) is 0 Å². The number of nitrogens with zero attached hydrogens (tertiary/aromatic N) is 1. The van der Waals surface area contributed by atoms with Crippen molar-refractivity contribution in [3.05, 3.63) is 52.5 Å². The zero-order valence-electron chi connectivity index (χ0n) is 7.87. The van der Waals surface area contributed by atoms with Gasteiger partial charge in [-0.05, 0) is 11.6 Å². The molecule has 2 nitrogen and oxygen atoms in total. The van der Waals surface area contributed by atoms with E-state index in [1.54, 1.807) is 6.20 Å². The Morgan fingerprint density at radius 3 is 2.79 bits per heavy atom. The number of aromatic nitrogens is 2. The van der Waals surface area contributed by atoms with Crippen LogP contribution < -0.4 is 0 Å². The number of H-pyrrole nitrogens is 1. The van der Waals surface area contributed by atoms with Crippen LogP contribution in [0.3, 0.4) is 0 Å². The Hall–Kier alpha value is -1.09. The number of imidazole rings is 1. The highest BCUT2D eigenvalue weighted by atomic mass is 79.9. The van der Waals surface area contributed by atoms with Crippen LogP contribution >= 0.6 is 15.9 Å². The highest BCUT2D eigenvalue weighted by Crippen LogP contribution is 2.27. The molecule has 2 rings (SSSR count). The zero-order chi connectivity index (χ0) is 9.97. The first kappa shape index (κ1) is 9.46. The van der Waals surface area contributed by atoms with Gasteiger partial charge in [0.15, 0.2) is 0 Å². The van der Waals surface area contributed by atoms with Crippen LogP contribution in [0.15, 0.2) is 41.1 Å². The number of hydrogen-bond acceptors (Lipinski definition) is 1. The molecule has 0 saturated carbocycles. The average Bonchev–Trinajstić information content (AvgIpc) is 2.70. The molecule has 0 spiro atoms. The van der Waals surface area contributed by atoms with Crippen LogP contribution in [0.4, 0.5) is 0 Å². The van der Waals surface area contributed by atoms with Crippen LogP contribution in [0.25, 0.3) is 0 Å². The second-order valence-corrected chi connectivity index (χ2v) is 4.07. The fraction of sp³-hybridized carbons (Fsp3) is 0.182. The monoisotopic (exact) mass is 250 g/mol. The maximum absolute atomic E-state index is 4.26. The summed E-state index contributed by atoms with van der Waals surface area (Å²) in [5.41, 5.74) is 1.25. The minimum atomic E-state index is 0.292. The SMILES string of the molecule is CC(c1ncc[nH]1)c1ccccc1Br. The molecule has 0 amide bonds. The molecule has 0 bridgehead atoms. The minimum absolute atomic E-state index is 0.292. The van der Waals surface area contributed by atoms with Crippen molar-refractivity contribution >= 4 is 15.9 Å². The van der Waals surface area contributed by atoms with Crippen LogP contribution in [-0.2, 0) is 0 Å². The fourth-order valence-corrected chi connectivity index (χ4v) is 2.12. The third-order valence-electron chi connectivity index (χ3n) is 2.30. The Bertz CT molecular complexity index is 409. The summed E-state index contributed by atoms with van der Waals surface area (Å²) in [6, 6.07) is 8.22. The van der Waals surface area contributed by atoms with E-state index in [1.807, 2.05) is 18.3 Å². The second-order valence-electron chi connectivity index (χ2n) is 3.22. The molecule has 2 aromatic rings. The van der Waals surface area contributed by atoms with Gasteiger partial charge in [0.2, 0.25) is 0 Å². The van der Waals surface area contributed by atoms with Gasteiger partial charge in [-0.3, -0.25) is 0 Å². The van der Waals surface area contributed by atoms with Crippen molar-refractivity contribution < 1.29 is 0 Å². The molecule has 1 heterocycles. The third-order valence-corrected chi connectivity index (χ3v) is 3.02. The van der Waals surface area contributed by atoms with E-state index in [0.29, 0.717) is 5.92 Å². The van der Waals surface area contributed by atoms with Crippen LogP contribution in [0.5, 0.6) is 0 Å². The topological polar surface area (TPSA) is 28.7 Å². The van der Waals surface area contributed by atoms with Crippen molar-refractivity contribution in [3.8, 4) is 0 Å². The van der Waals surface area contributed by atoms with E-state index in [-0.39, 0.29) is 0 Å². The molecule has 0 aliphatic rings. The number of aromatic amines is 1. The predicted octanol–water partition coefficient (Wildman–Crippen LogP) is 3.32. The predicted molar refractivity (Wildman–Crippen MR) is 60.2 cm³/mol. The summed E-state index contributed by atoms with van der Waals surface area (Å²) in [5, 5.41) is 0. The van der Waals surface area contributed by atoms with Gasteiger partial charge in [-0.25, -0.2) is 4.98 Å². The molecule has 0 radical (unpaired) electrons. The molecule has 14 heavy (non-hydrogen) atoms. The molecule has 3 heteroatoms. The molecule has 0 aliphatic heterocycles. The minimum Gasteiger partial charge on any atom is -0.348 e. The van der Waals surface area contributed by atoms with Crippen LogP contribution in [0.2, 0.25) is 0 Å². The third kappa shape index (κ3) is 1.73. The van der Waals surface area contributed by atoms with Gasteiger partial charge < -0.3 is 4.98 Å². The van der Waals surface area contributed by atoms with Crippen LogP contribution in [0.1, 0.15) is 24.2 Å². The van der Waals surface area contributed by atoms with Gasteiger partial charge in [0, 0.05) is 22.8 Å². The van der Waals surface area contributed by atoms with Gasteiger partial charge in [-0.15, -0.1) is 0 Å². The smallest absolute Gasteiger partial charge is 0.113 e. The van der Waals surface area contributed by atoms with Crippen molar-refractivity contribution in [1.29, 1.82) is 0 Å². The summed E-state index contributed by atoms with van der Waals surface area (Å²) < 4.78 is 1.13. The number of hydrogen-bond donors (Lipinski definition) is 1. The van der Waals surface area contributed by atoms with Gasteiger partial charge in [-0.1, -0.05) is 41.1 Å². The van der Waals surface area contributed by atoms with E-state index in [9.17, 15) is 0 Å². The van der Waals surface area contributed by atoms with Gasteiger partial charge in [0.05, 0.1) is 0 Å². The normalized spacial score (nSPS) is 12.7. The first-order chi connectivity index (χ1) is 6.79. The van der Waals surface area contributed by atoms with Crippen molar-refractivity contribution in [2.45, 2.75) is 12.8 Å². The van der Waals surface area contributed by atoms with E-state index < -0.39 is 0 Å². The number of rotatable bonds is 2. The molecular formula is C11H11BrN2. The first-order valence-corrected chi connectivity index (χ1v) is 5.32. The molecule has 0 fully saturated rings. The number of benzene rings is 1. The Morgan fingerprint density at radius 2 is 2.14 bits per heavy atom. The van der Waals surface area contributed by atoms with Crippen molar-refractivity contribution in [2.75, 3.05) is 0 Å². The molecule has 0 saturated heterocycles. The van der Waals surface area contributed by atoms with Crippen LogP contribution in [-0.4, -0.2) is 9.97 Å². The van der Waals surface area contributed by atoms with E-state index >= 15 is 0 Å². The van der Waals surface area contributed by atoms with Crippen molar-refractivity contribution in [3.63, 3.8) is 0 Å². The van der Waals surface area contributed by atoms with E-state index in [4.69, 9.17) is 0 Å². The first-order valence-electron chi connectivity index (χ1n) is 4.52. The highest BCUT2D eigenvalue weighted by Gasteiger charge is 2.12. The summed E-state index contributed by atoms with van der Waals surface area (Å²) in [6.45, 7) is 2.14. The standard InChI is InChI=1S/C11H11BrN2/c1-8(11-13-6-7-14-11)9-4-2-3-5-10(9)12/h2-8H,1H3,(H,13,14). The molecular weight excluding hydrogens is 240 g/mol. The molecule has 1 aromatic heterocycles. The lowest BCUT2D eigenvalue weighted by molar-refractivity contribution is 0.835. The summed E-state index contributed by atoms with van der Waals surface area (Å²) >= 11 is 3.54. The summed E-state index contributed by atoms with van der Waals surface area (Å²) in [6.07, 6.45) is 3.63. The van der Waals surface area contributed by atoms with E-state index in [2.05, 4.69) is 45.0 Å². The maximum Gasteiger partial charge on any atom is 0.113 e. The van der Waals surface area contributed by atoms with Crippen LogP contribution in [0, 0.1) is 0 Å². The lowest BCUT2D eigenvalue weighted by Gasteiger charge is -2.10. The molecule has 1 unspecified atom stereocenters. The molecule has 1 atom stereocenters. The van der Waals surface area contributed by atoms with Crippen molar-refractivity contribution in [2.24, 2.45) is 0 Å². The van der Waals surface area contributed by atoms with E-state index in [1.165, 1.54) is 5.56 Å². The number of halogens is 1. The number of nitrogens with one attached hydrogen (secondary N) is 1. The molecule has 72 valence electrons. The average molecular weight is 251 g/mol. The Morgan fingerprint density at radius 1 is 1.36 bits per heavy atom. The molecule has 0 aliphatic carbocycles. The quantitative estimate of drug-likeness (QED) is 0.871. The molecule has 1 aromatic carbocycles. The zero-order valence-corrected chi connectivity index (χ0v) is 9.45. The van der Waals surface area contributed by atoms with Crippen molar-refractivity contribution in [1.82, 2.24) is 9.97 Å². The largest absolute Gasteiger partial charge is 0.348 e. The Labute approximate surface area is 91.5 Å². The van der Waals surface area contributed by atoms with Gasteiger partial charge in [-0.2, -0.15) is 0 Å². The molecule has 1 N–H and O–H groups in total. The fourth-order valence-electron chi connectivity index (χ4n) is 1.49. The highest BCUT2D eigenvalue weighted by molar-refractivity contribution is 9.10. The lowest BCUT2D eigenvalue weighted by atomic mass is 10.0. The lowest BCUT2D eigenvalue weighted by Crippen LogP contribution is -1.98. The Balaban J connectivity index is 2.37. The Kier molecular flexibility index (Phi) is 2.68. The maximum atomic E-state index is 4.26. The van der Waals surface area contributed by atoms with Gasteiger partial charge in [0.1, 0.15) is 5.82 Å². The summed E-state index contributed by atoms with van der Waals surface area (Å²) in [7, 11) is 0. The summed E-state index contributed by atoms with van der Waals surface area (Å²) in [4.78, 5) is 7.39. The summed E-state index contributed by atoms with van der Waals surface area (Å²) in [5.74, 6) is 1.29.